The Balaban J connectivity index is 0.000000194. The highest BCUT2D eigenvalue weighted by atomic mass is 19.1. The Bertz CT molecular complexity index is 5140. The molecule has 0 aliphatic carbocycles. The van der Waals surface area contributed by atoms with Crippen LogP contribution in [-0.2, 0) is 0 Å². The molecule has 12 aromatic carbocycles. The van der Waals surface area contributed by atoms with Crippen molar-refractivity contribution in [2.75, 3.05) is 79.2 Å². The van der Waals surface area contributed by atoms with Crippen LogP contribution < -0.4 is 65.1 Å². The molecule has 12 aromatic rings. The van der Waals surface area contributed by atoms with E-state index in [1.165, 1.54) is 29.8 Å². The molecule has 0 spiro atoms. The standard InChI is InChI=1S/C18H21NO2.C17H19NO3.2C16H17NO2.C15H14FNO2.C15H15NO2/c1-4-13(2)14-9-11-15(12-10-14)19-18(20)16-7-5-6-8-17(16)21-3;1-3-20-14-11-9-13(10-12-14)18-17(19)15-7-5-6-8-16(15)21-4-2;1-3-19-15-11-7-5-9-13(15)16(18)17-14-10-6-4-8-12(14)2;1-3-19-15-10-5-4-9-14(15)16(18)17-13-8-6-7-12(2)11-13;1-2-19-14-6-4-3-5-13(14)15(18)17-12-9-7-11(16)8-10-12;1-11-6-3-4-9-14(11)15(17)16-12-7-5-8-13(10-12)18-2/h5-13H,4H2,1-3H3,(H,19,20);5-12H,3-4H2,1-2H3,(H,18,19);2*4-11H,3H2,1-2H3,(H,17,18);3-10H,2H2,1H3,(H,17,18);3-10H,1-2H3,(H,16,17). The van der Waals surface area contributed by atoms with E-state index in [9.17, 15) is 33.2 Å². The first-order valence-corrected chi connectivity index (χ1v) is 38.5. The summed E-state index contributed by atoms with van der Waals surface area (Å²) in [6, 6.07) is 87.0. The van der Waals surface area contributed by atoms with E-state index in [4.69, 9.17) is 33.2 Å². The maximum atomic E-state index is 12.8. The lowest BCUT2D eigenvalue weighted by Gasteiger charge is -2.11. The number of anilines is 6. The lowest BCUT2D eigenvalue weighted by molar-refractivity contribution is 0.101. The summed E-state index contributed by atoms with van der Waals surface area (Å²) in [5.74, 6) is 3.54. The molecule has 0 aliphatic rings. The number of ether oxygens (including phenoxy) is 7. The van der Waals surface area contributed by atoms with E-state index in [2.05, 4.69) is 57.9 Å². The van der Waals surface area contributed by atoms with Crippen LogP contribution in [0.2, 0.25) is 0 Å². The summed E-state index contributed by atoms with van der Waals surface area (Å²) >= 11 is 0. The highest BCUT2D eigenvalue weighted by Gasteiger charge is 2.18. The first kappa shape index (κ1) is 90.2. The zero-order chi connectivity index (χ0) is 84.3. The molecule has 6 amide bonds. The molecule has 0 saturated carbocycles. The second-order valence-corrected chi connectivity index (χ2v) is 25.8. The molecule has 0 heterocycles. The Morgan fingerprint density at radius 2 is 0.632 bits per heavy atom. The minimum atomic E-state index is -0.340. The van der Waals surface area contributed by atoms with Gasteiger partial charge in [0.05, 0.1) is 75.1 Å². The molecule has 19 nitrogen and oxygen atoms in total. The van der Waals surface area contributed by atoms with Crippen molar-refractivity contribution in [2.24, 2.45) is 0 Å². The van der Waals surface area contributed by atoms with Crippen LogP contribution in [0.15, 0.2) is 291 Å². The van der Waals surface area contributed by atoms with Crippen LogP contribution in [0.3, 0.4) is 0 Å². The molecule has 6 N–H and O–H groups in total. The Morgan fingerprint density at radius 1 is 0.299 bits per heavy atom. The number of aryl methyl sites for hydroxylation is 3. The van der Waals surface area contributed by atoms with Crippen molar-refractivity contribution in [3.05, 3.63) is 353 Å². The van der Waals surface area contributed by atoms with E-state index < -0.39 is 0 Å². The number of hydrogen-bond donors (Lipinski definition) is 6. The largest absolute Gasteiger partial charge is 0.497 e. The summed E-state index contributed by atoms with van der Waals surface area (Å²) in [6.45, 7) is 22.4. The van der Waals surface area contributed by atoms with Crippen molar-refractivity contribution in [2.45, 2.75) is 81.6 Å². The minimum absolute atomic E-state index is 0.110. The molecular formula is C97H103FN6O13. The highest BCUT2D eigenvalue weighted by molar-refractivity contribution is 6.09. The Kier molecular flexibility index (Phi) is 37.6. The third-order valence-electron chi connectivity index (χ3n) is 17.3. The first-order valence-electron chi connectivity index (χ1n) is 38.5. The Hall–Kier alpha value is -14.0. The van der Waals surface area contributed by atoms with Crippen molar-refractivity contribution in [3.8, 4) is 40.2 Å². The fourth-order valence-corrected chi connectivity index (χ4v) is 11.2. The van der Waals surface area contributed by atoms with Crippen LogP contribution in [0.25, 0.3) is 0 Å². The highest BCUT2D eigenvalue weighted by Crippen LogP contribution is 2.28. The molecule has 0 bridgehead atoms. The van der Waals surface area contributed by atoms with E-state index >= 15 is 0 Å². The van der Waals surface area contributed by atoms with Crippen molar-refractivity contribution in [1.29, 1.82) is 0 Å². The fraction of sp³-hybridized carbons (Fsp3) is 0.196. The summed E-state index contributed by atoms with van der Waals surface area (Å²) in [7, 11) is 3.16. The second-order valence-electron chi connectivity index (χ2n) is 25.8. The second kappa shape index (κ2) is 48.8. The van der Waals surface area contributed by atoms with Gasteiger partial charge in [0.25, 0.3) is 35.4 Å². The average Bonchev–Trinajstić information content (AvgIpc) is 0.878. The van der Waals surface area contributed by atoms with Gasteiger partial charge in [-0.3, -0.25) is 28.8 Å². The molecule has 12 rings (SSSR count). The van der Waals surface area contributed by atoms with Crippen molar-refractivity contribution in [1.82, 2.24) is 0 Å². The van der Waals surface area contributed by atoms with E-state index in [1.54, 1.807) is 93.1 Å². The number of hydrogen-bond acceptors (Lipinski definition) is 13. The third-order valence-corrected chi connectivity index (χ3v) is 17.3. The summed E-state index contributed by atoms with van der Waals surface area (Å²) in [6.07, 6.45) is 1.10. The lowest BCUT2D eigenvalue weighted by atomic mass is 9.98. The maximum absolute atomic E-state index is 12.8. The van der Waals surface area contributed by atoms with E-state index in [-0.39, 0.29) is 41.3 Å². The predicted molar refractivity (Wildman–Crippen MR) is 467 cm³/mol. The molecule has 0 aliphatic heterocycles. The third kappa shape index (κ3) is 29.5. The number of halogens is 1. The number of nitrogens with one attached hydrogen (secondary N) is 6. The Morgan fingerprint density at radius 3 is 1.03 bits per heavy atom. The van der Waals surface area contributed by atoms with Crippen LogP contribution in [0.1, 0.15) is 145 Å². The quantitative estimate of drug-likeness (QED) is 0.0296. The monoisotopic (exact) mass is 1580 g/mol. The van der Waals surface area contributed by atoms with Gasteiger partial charge in [0.1, 0.15) is 46.1 Å². The van der Waals surface area contributed by atoms with Crippen LogP contribution in [0, 0.1) is 26.6 Å². The van der Waals surface area contributed by atoms with E-state index in [0.29, 0.717) is 107 Å². The number of benzene rings is 12. The van der Waals surface area contributed by atoms with Gasteiger partial charge in [0.15, 0.2) is 0 Å². The smallest absolute Gasteiger partial charge is 0.259 e. The normalized spacial score (nSPS) is 10.3. The van der Waals surface area contributed by atoms with Crippen molar-refractivity contribution < 1.29 is 66.3 Å². The summed E-state index contributed by atoms with van der Waals surface area (Å²) in [5, 5.41) is 17.1. The average molecular weight is 1580 g/mol. The van der Waals surface area contributed by atoms with Gasteiger partial charge in [-0.1, -0.05) is 141 Å². The molecule has 0 fully saturated rings. The van der Waals surface area contributed by atoms with Gasteiger partial charge < -0.3 is 65.1 Å². The van der Waals surface area contributed by atoms with Crippen molar-refractivity contribution >= 4 is 69.6 Å². The summed E-state index contributed by atoms with van der Waals surface area (Å²) in [5.41, 5.74) is 12.0. The van der Waals surface area contributed by atoms with Crippen LogP contribution >= 0.6 is 0 Å². The molecule has 606 valence electrons. The van der Waals surface area contributed by atoms with Crippen molar-refractivity contribution in [3.63, 3.8) is 0 Å². The van der Waals surface area contributed by atoms with Gasteiger partial charge in [0.2, 0.25) is 0 Å². The molecule has 1 unspecified atom stereocenters. The van der Waals surface area contributed by atoms with E-state index in [0.717, 1.165) is 63.0 Å². The van der Waals surface area contributed by atoms with E-state index in [1.807, 2.05) is 231 Å². The molecule has 20 heteroatoms. The molecule has 0 aromatic heterocycles. The molecule has 117 heavy (non-hydrogen) atoms. The number of amides is 6. The molecular weight excluding hydrogens is 1480 g/mol. The van der Waals surface area contributed by atoms with Gasteiger partial charge in [-0.2, -0.15) is 0 Å². The number of carbonyl (C=O) groups is 6. The summed E-state index contributed by atoms with van der Waals surface area (Å²) in [4.78, 5) is 73.3. The van der Waals surface area contributed by atoms with Gasteiger partial charge in [-0.25, -0.2) is 4.39 Å². The molecule has 0 radical (unpaired) electrons. The Labute approximate surface area is 685 Å². The van der Waals surface area contributed by atoms with Crippen LogP contribution in [-0.4, -0.2) is 82.7 Å². The molecule has 1 atom stereocenters. The number of carbonyl (C=O) groups excluding carboxylic acids is 6. The first-order chi connectivity index (χ1) is 56.7. The zero-order valence-corrected chi connectivity index (χ0v) is 68.2. The number of para-hydroxylation sites is 6. The SMILES string of the molecule is CCC(C)c1ccc(NC(=O)c2ccccc2OC)cc1.CCOc1ccc(NC(=O)c2ccccc2OCC)cc1.CCOc1ccccc1C(=O)Nc1ccc(F)cc1.CCOc1ccccc1C(=O)Nc1cccc(C)c1.CCOc1ccccc1C(=O)Nc1ccccc1C.COc1cccc(NC(=O)c2ccccc2C)c1. The van der Waals surface area contributed by atoms with Gasteiger partial charge in [0, 0.05) is 45.8 Å². The topological polar surface area (TPSA) is 239 Å². The van der Waals surface area contributed by atoms with Crippen LogP contribution in [0.5, 0.6) is 40.2 Å². The summed E-state index contributed by atoms with van der Waals surface area (Å²) < 4.78 is 50.3. The molecule has 0 saturated heterocycles. The van der Waals surface area contributed by atoms with Gasteiger partial charge in [-0.05, 0) is 248 Å². The minimum Gasteiger partial charge on any atom is -0.497 e. The van der Waals surface area contributed by atoms with Gasteiger partial charge in [-0.15, -0.1) is 0 Å². The zero-order valence-electron chi connectivity index (χ0n) is 68.2. The van der Waals surface area contributed by atoms with Gasteiger partial charge >= 0.3 is 0 Å². The number of rotatable bonds is 26. The van der Waals surface area contributed by atoms with Crippen LogP contribution in [0.4, 0.5) is 38.5 Å². The lowest BCUT2D eigenvalue weighted by Crippen LogP contribution is -2.14. The number of methoxy groups -OCH3 is 2. The maximum Gasteiger partial charge on any atom is 0.259 e. The fourth-order valence-electron chi connectivity index (χ4n) is 11.2. The predicted octanol–water partition coefficient (Wildman–Crippen LogP) is 22.2.